The first-order valence-electron chi connectivity index (χ1n) is 11.3. The van der Waals surface area contributed by atoms with Crippen LogP contribution in [0, 0.1) is 6.92 Å². The number of rotatable bonds is 5. The van der Waals surface area contributed by atoms with Crippen molar-refractivity contribution in [1.29, 1.82) is 0 Å². The van der Waals surface area contributed by atoms with Crippen molar-refractivity contribution in [3.8, 4) is 0 Å². The molecule has 4 aromatic rings. The third-order valence-corrected chi connectivity index (χ3v) is 8.10. The molecule has 1 aromatic carbocycles. The third kappa shape index (κ3) is 3.88. The second-order valence-electron chi connectivity index (χ2n) is 8.67. The molecule has 0 saturated carbocycles. The summed E-state index contributed by atoms with van der Waals surface area (Å²) >= 11 is 0. The molecule has 11 nitrogen and oxygen atoms in total. The first kappa shape index (κ1) is 23.1. The number of aliphatic hydroxyl groups excluding tert-OH is 1. The van der Waals surface area contributed by atoms with E-state index in [2.05, 4.69) is 15.0 Å². The van der Waals surface area contributed by atoms with Gasteiger partial charge in [0.15, 0.2) is 10.9 Å². The van der Waals surface area contributed by atoms with Crippen LogP contribution in [0.5, 0.6) is 0 Å². The van der Waals surface area contributed by atoms with Crippen molar-refractivity contribution in [2.24, 2.45) is 5.73 Å². The number of aryl methyl sites for hydroxylation is 1. The summed E-state index contributed by atoms with van der Waals surface area (Å²) in [4.78, 5) is 23.4. The number of fused-ring (bicyclic) bond motifs is 3. The molecule has 1 amide bonds. The van der Waals surface area contributed by atoms with Gasteiger partial charge in [-0.1, -0.05) is 18.2 Å². The predicted octanol–water partition coefficient (Wildman–Crippen LogP) is 2.30. The monoisotopic (exact) mass is 498 g/mol. The summed E-state index contributed by atoms with van der Waals surface area (Å²) in [6, 6.07) is 8.53. The predicted molar refractivity (Wildman–Crippen MR) is 128 cm³/mol. The number of sulfone groups is 1. The topological polar surface area (TPSA) is 156 Å². The van der Waals surface area contributed by atoms with Gasteiger partial charge in [-0.2, -0.15) is 0 Å². The average molecular weight is 499 g/mol. The summed E-state index contributed by atoms with van der Waals surface area (Å²) in [7, 11) is -4.03. The summed E-state index contributed by atoms with van der Waals surface area (Å²) in [6.45, 7) is 4.28. The van der Waals surface area contributed by atoms with Gasteiger partial charge in [0, 0.05) is 37.5 Å². The minimum atomic E-state index is -4.03. The van der Waals surface area contributed by atoms with Gasteiger partial charge < -0.3 is 25.6 Å². The van der Waals surface area contributed by atoms with Crippen LogP contribution in [0.1, 0.15) is 37.3 Å². The minimum absolute atomic E-state index is 0.150. The Morgan fingerprint density at radius 3 is 2.60 bits per heavy atom. The number of H-pyrrole nitrogens is 1. The highest BCUT2D eigenvalue weighted by atomic mass is 32.2. The molecule has 4 N–H and O–H groups in total. The van der Waals surface area contributed by atoms with E-state index in [9.17, 15) is 18.3 Å². The summed E-state index contributed by atoms with van der Waals surface area (Å²) < 4.78 is 34.5. The third-order valence-electron chi connectivity index (χ3n) is 6.27. The SMILES string of the molecule is Cc1ccccc1S(=O)(=O)c1nc2[nH]ccc2c2c1nc(C(C)O)n2N1CCC(OC(N)=O)CC1. The van der Waals surface area contributed by atoms with Gasteiger partial charge in [-0.05, 0) is 31.5 Å². The van der Waals surface area contributed by atoms with E-state index in [1.807, 2.05) is 11.1 Å². The molecule has 0 bridgehead atoms. The van der Waals surface area contributed by atoms with Crippen molar-refractivity contribution >= 4 is 38.0 Å². The molecule has 3 aromatic heterocycles. The van der Waals surface area contributed by atoms with Crippen molar-refractivity contribution in [1.82, 2.24) is 19.6 Å². The Morgan fingerprint density at radius 1 is 1.23 bits per heavy atom. The lowest BCUT2D eigenvalue weighted by Crippen LogP contribution is -2.45. The molecular weight excluding hydrogens is 472 g/mol. The summed E-state index contributed by atoms with van der Waals surface area (Å²) in [5.74, 6) is 0.297. The second kappa shape index (κ2) is 8.54. The maximum atomic E-state index is 13.8. The number of pyridine rings is 1. The summed E-state index contributed by atoms with van der Waals surface area (Å²) in [5, 5.41) is 13.1. The fraction of sp³-hybridized carbons (Fsp3) is 0.348. The number of carbonyl (C=O) groups excluding carboxylic acids is 1. The first-order chi connectivity index (χ1) is 16.7. The molecule has 0 aliphatic carbocycles. The molecule has 184 valence electrons. The maximum Gasteiger partial charge on any atom is 0.404 e. The number of hydrogen-bond acceptors (Lipinski definition) is 8. The van der Waals surface area contributed by atoms with Gasteiger partial charge in [-0.3, -0.25) is 0 Å². The van der Waals surface area contributed by atoms with Gasteiger partial charge in [0.1, 0.15) is 28.9 Å². The Morgan fingerprint density at radius 2 is 1.94 bits per heavy atom. The number of carbonyl (C=O) groups is 1. The number of imidazole rings is 1. The number of aromatic amines is 1. The van der Waals surface area contributed by atoms with E-state index in [0.29, 0.717) is 53.9 Å². The second-order valence-corrected chi connectivity index (χ2v) is 10.5. The van der Waals surface area contributed by atoms with Gasteiger partial charge in [-0.15, -0.1) is 0 Å². The number of nitrogens with two attached hydrogens (primary N) is 1. The smallest absolute Gasteiger partial charge is 0.404 e. The Balaban J connectivity index is 1.73. The molecule has 1 aliphatic rings. The van der Waals surface area contributed by atoms with E-state index in [1.54, 1.807) is 49.0 Å². The maximum absolute atomic E-state index is 13.8. The molecule has 1 fully saturated rings. The van der Waals surface area contributed by atoms with Crippen LogP contribution in [0.4, 0.5) is 4.79 Å². The van der Waals surface area contributed by atoms with Crippen LogP contribution in [-0.4, -0.2) is 58.4 Å². The number of ether oxygens (including phenoxy) is 1. The number of hydrogen-bond donors (Lipinski definition) is 3. The highest BCUT2D eigenvalue weighted by molar-refractivity contribution is 7.91. The Labute approximate surface area is 201 Å². The highest BCUT2D eigenvalue weighted by Gasteiger charge is 2.32. The number of primary amides is 1. The lowest BCUT2D eigenvalue weighted by Gasteiger charge is -2.35. The molecule has 1 unspecified atom stereocenters. The molecule has 4 heterocycles. The van der Waals surface area contributed by atoms with E-state index in [4.69, 9.17) is 10.5 Å². The number of amides is 1. The molecule has 0 spiro atoms. The quantitative estimate of drug-likeness (QED) is 0.378. The van der Waals surface area contributed by atoms with Crippen LogP contribution in [-0.2, 0) is 14.6 Å². The Bertz CT molecular complexity index is 1530. The standard InChI is InChI=1S/C23H26N6O5S/c1-13-5-3-4-6-17(13)35(32,33)22-18-19(16-7-10-25-20(16)27-22)29(21(26-18)14(2)30)28-11-8-15(9-12-28)34-23(24)31/h3-7,10,14-15,30H,8-9,11-12H2,1-2H3,(H2,24,31)(H,25,27). The Hall–Kier alpha value is -3.64. The highest BCUT2D eigenvalue weighted by Crippen LogP contribution is 2.35. The van der Waals surface area contributed by atoms with E-state index in [1.165, 1.54) is 0 Å². The zero-order valence-corrected chi connectivity index (χ0v) is 20.1. The molecule has 12 heteroatoms. The molecule has 1 saturated heterocycles. The number of aromatic nitrogens is 4. The first-order valence-corrected chi connectivity index (χ1v) is 12.8. The molecular formula is C23H26N6O5S. The van der Waals surface area contributed by atoms with E-state index in [-0.39, 0.29) is 21.5 Å². The largest absolute Gasteiger partial charge is 0.446 e. The van der Waals surface area contributed by atoms with Crippen molar-refractivity contribution in [3.05, 3.63) is 47.9 Å². The van der Waals surface area contributed by atoms with Gasteiger partial charge in [-0.25, -0.2) is 27.9 Å². The van der Waals surface area contributed by atoms with Crippen LogP contribution < -0.4 is 10.7 Å². The lowest BCUT2D eigenvalue weighted by molar-refractivity contribution is 0.0873. The van der Waals surface area contributed by atoms with E-state index >= 15 is 0 Å². The number of nitrogens with zero attached hydrogens (tertiary/aromatic N) is 4. The average Bonchev–Trinajstić information content (AvgIpc) is 3.43. The minimum Gasteiger partial charge on any atom is -0.446 e. The molecule has 1 atom stereocenters. The van der Waals surface area contributed by atoms with Crippen LogP contribution in [0.3, 0.4) is 0 Å². The van der Waals surface area contributed by atoms with E-state index in [0.717, 1.165) is 0 Å². The van der Waals surface area contributed by atoms with Gasteiger partial charge in [0.25, 0.3) is 0 Å². The molecule has 5 rings (SSSR count). The number of benzene rings is 1. The number of piperidine rings is 1. The zero-order valence-electron chi connectivity index (χ0n) is 19.3. The Kier molecular flexibility index (Phi) is 5.64. The van der Waals surface area contributed by atoms with Crippen molar-refractivity contribution < 1.29 is 23.1 Å². The van der Waals surface area contributed by atoms with Crippen LogP contribution in [0.15, 0.2) is 46.5 Å². The summed E-state index contributed by atoms with van der Waals surface area (Å²) in [5.41, 5.74) is 6.89. The fourth-order valence-corrected chi connectivity index (χ4v) is 6.22. The van der Waals surface area contributed by atoms with Crippen molar-refractivity contribution in [2.45, 2.75) is 48.8 Å². The molecule has 0 radical (unpaired) electrons. The van der Waals surface area contributed by atoms with Crippen molar-refractivity contribution in [3.63, 3.8) is 0 Å². The molecule has 1 aliphatic heterocycles. The van der Waals surface area contributed by atoms with Crippen LogP contribution in [0.2, 0.25) is 0 Å². The summed E-state index contributed by atoms with van der Waals surface area (Å²) in [6.07, 6.45) is 0.639. The van der Waals surface area contributed by atoms with Gasteiger partial charge in [0.2, 0.25) is 9.84 Å². The normalized spacial score (nSPS) is 16.1. The lowest BCUT2D eigenvalue weighted by atomic mass is 10.1. The van der Waals surface area contributed by atoms with Crippen LogP contribution >= 0.6 is 0 Å². The number of aliphatic hydroxyl groups is 1. The number of nitrogens with one attached hydrogen (secondary N) is 1. The van der Waals surface area contributed by atoms with Crippen LogP contribution in [0.25, 0.3) is 22.1 Å². The zero-order chi connectivity index (χ0) is 24.9. The van der Waals surface area contributed by atoms with Gasteiger partial charge >= 0.3 is 6.09 Å². The fourth-order valence-electron chi connectivity index (χ4n) is 4.65. The molecule has 35 heavy (non-hydrogen) atoms. The van der Waals surface area contributed by atoms with Gasteiger partial charge in [0.05, 0.1) is 4.90 Å². The van der Waals surface area contributed by atoms with Crippen molar-refractivity contribution in [2.75, 3.05) is 18.1 Å². The van der Waals surface area contributed by atoms with E-state index < -0.39 is 22.0 Å².